The van der Waals surface area contributed by atoms with Crippen molar-refractivity contribution >= 4 is 46.4 Å². The molecular formula is C16H29IN6OS. The summed E-state index contributed by atoms with van der Waals surface area (Å²) in [5.41, 5.74) is 6.16. The van der Waals surface area contributed by atoms with Crippen LogP contribution in [0.3, 0.4) is 0 Å². The molecule has 0 aliphatic carbocycles. The predicted octanol–water partition coefficient (Wildman–Crippen LogP) is 1.31. The van der Waals surface area contributed by atoms with Crippen LogP contribution in [0.1, 0.15) is 12.8 Å². The van der Waals surface area contributed by atoms with Crippen molar-refractivity contribution in [3.63, 3.8) is 0 Å². The van der Waals surface area contributed by atoms with E-state index in [1.54, 1.807) is 11.3 Å². The molecule has 7 nitrogen and oxygen atoms in total. The van der Waals surface area contributed by atoms with Crippen molar-refractivity contribution in [2.45, 2.75) is 12.8 Å². The molecule has 142 valence electrons. The molecule has 2 aliphatic rings. The van der Waals surface area contributed by atoms with Gasteiger partial charge in [-0.05, 0) is 19.4 Å². The van der Waals surface area contributed by atoms with Gasteiger partial charge in [0.05, 0.1) is 13.2 Å². The molecule has 2 aliphatic heterocycles. The van der Waals surface area contributed by atoms with E-state index in [1.165, 1.54) is 6.42 Å². The molecule has 2 N–H and O–H groups in total. The first kappa shape index (κ1) is 20.7. The van der Waals surface area contributed by atoms with Crippen LogP contribution in [0.2, 0.25) is 0 Å². The molecule has 3 heterocycles. The van der Waals surface area contributed by atoms with Gasteiger partial charge in [0, 0.05) is 57.4 Å². The van der Waals surface area contributed by atoms with Crippen LogP contribution < -0.4 is 10.6 Å². The fourth-order valence-electron chi connectivity index (χ4n) is 3.06. The summed E-state index contributed by atoms with van der Waals surface area (Å²) >= 11 is 1.69. The molecule has 0 unspecified atom stereocenters. The maximum Gasteiger partial charge on any atom is 0.191 e. The van der Waals surface area contributed by atoms with E-state index in [0.29, 0.717) is 5.96 Å². The minimum Gasteiger partial charge on any atom is -0.379 e. The molecule has 0 saturated carbocycles. The molecule has 0 radical (unpaired) electrons. The van der Waals surface area contributed by atoms with Gasteiger partial charge in [-0.2, -0.15) is 0 Å². The number of halogens is 1. The summed E-state index contributed by atoms with van der Waals surface area (Å²) < 4.78 is 5.36. The Kier molecular flexibility index (Phi) is 9.21. The fourth-order valence-corrected chi connectivity index (χ4v) is 3.76. The molecule has 2 saturated heterocycles. The summed E-state index contributed by atoms with van der Waals surface area (Å²) in [7, 11) is 0. The van der Waals surface area contributed by atoms with Gasteiger partial charge in [-0.1, -0.05) is 0 Å². The van der Waals surface area contributed by atoms with Crippen LogP contribution in [-0.2, 0) is 4.74 Å². The quantitative estimate of drug-likeness (QED) is 0.287. The predicted molar refractivity (Wildman–Crippen MR) is 114 cm³/mol. The fraction of sp³-hybridized carbons (Fsp3) is 0.750. The van der Waals surface area contributed by atoms with E-state index in [4.69, 9.17) is 10.5 Å². The van der Waals surface area contributed by atoms with Gasteiger partial charge in [0.15, 0.2) is 11.1 Å². The summed E-state index contributed by atoms with van der Waals surface area (Å²) in [5, 5.41) is 3.13. The van der Waals surface area contributed by atoms with Crippen molar-refractivity contribution in [2.24, 2.45) is 10.7 Å². The first-order valence-corrected chi connectivity index (χ1v) is 9.70. The Hall–Kier alpha value is -0.650. The van der Waals surface area contributed by atoms with Gasteiger partial charge in [-0.3, -0.25) is 9.89 Å². The number of piperazine rings is 1. The molecule has 0 amide bonds. The lowest BCUT2D eigenvalue weighted by molar-refractivity contribution is 0.0373. The highest BCUT2D eigenvalue weighted by molar-refractivity contribution is 14.0. The van der Waals surface area contributed by atoms with Gasteiger partial charge in [0.25, 0.3) is 0 Å². The normalized spacial score (nSPS) is 19.8. The minimum absolute atomic E-state index is 0. The summed E-state index contributed by atoms with van der Waals surface area (Å²) in [4.78, 5) is 15.9. The number of hydrogen-bond acceptors (Lipinski definition) is 6. The third kappa shape index (κ3) is 6.54. The molecule has 1 aromatic heterocycles. The van der Waals surface area contributed by atoms with Crippen molar-refractivity contribution in [3.8, 4) is 0 Å². The zero-order valence-corrected chi connectivity index (χ0v) is 17.8. The van der Waals surface area contributed by atoms with Gasteiger partial charge in [-0.25, -0.2) is 4.98 Å². The number of nitrogens with zero attached hydrogens (tertiary/aromatic N) is 5. The highest BCUT2D eigenvalue weighted by Gasteiger charge is 2.19. The lowest BCUT2D eigenvalue weighted by Crippen LogP contribution is -2.51. The van der Waals surface area contributed by atoms with E-state index in [1.807, 2.05) is 11.6 Å². The third-order valence-electron chi connectivity index (χ3n) is 4.55. The van der Waals surface area contributed by atoms with Gasteiger partial charge in [-0.15, -0.1) is 35.3 Å². The van der Waals surface area contributed by atoms with Crippen LogP contribution in [0.15, 0.2) is 16.6 Å². The molecular weight excluding hydrogens is 451 g/mol. The number of thiazole rings is 1. The Balaban J connectivity index is 0.00000225. The number of aliphatic imine (C=N–C) groups is 1. The molecule has 0 aromatic carbocycles. The summed E-state index contributed by atoms with van der Waals surface area (Å²) in [6.45, 7) is 9.60. The second kappa shape index (κ2) is 11.1. The number of aromatic nitrogens is 1. The van der Waals surface area contributed by atoms with E-state index in [0.717, 1.165) is 77.1 Å². The van der Waals surface area contributed by atoms with Crippen molar-refractivity contribution in [1.82, 2.24) is 14.8 Å². The van der Waals surface area contributed by atoms with Gasteiger partial charge < -0.3 is 20.3 Å². The summed E-state index contributed by atoms with van der Waals surface area (Å²) in [5.74, 6) is 0.695. The molecule has 25 heavy (non-hydrogen) atoms. The zero-order valence-electron chi connectivity index (χ0n) is 14.7. The number of ether oxygens (including phenoxy) is 1. The van der Waals surface area contributed by atoms with Gasteiger partial charge in [0.2, 0.25) is 0 Å². The molecule has 9 heteroatoms. The third-order valence-corrected chi connectivity index (χ3v) is 5.39. The van der Waals surface area contributed by atoms with E-state index in [-0.39, 0.29) is 24.0 Å². The van der Waals surface area contributed by atoms with E-state index < -0.39 is 0 Å². The van der Waals surface area contributed by atoms with Crippen LogP contribution in [0.25, 0.3) is 0 Å². The van der Waals surface area contributed by atoms with E-state index in [9.17, 15) is 0 Å². The van der Waals surface area contributed by atoms with Crippen LogP contribution >= 0.6 is 35.3 Å². The van der Waals surface area contributed by atoms with Crippen LogP contribution in [0.4, 0.5) is 5.13 Å². The molecule has 0 spiro atoms. The molecule has 1 aromatic rings. The average molecular weight is 480 g/mol. The summed E-state index contributed by atoms with van der Waals surface area (Å²) in [6.07, 6.45) is 4.13. The maximum absolute atomic E-state index is 6.16. The van der Waals surface area contributed by atoms with Gasteiger partial charge in [0.1, 0.15) is 0 Å². The number of anilines is 1. The number of hydrogen-bond donors (Lipinski definition) is 1. The Morgan fingerprint density at radius 2 is 1.92 bits per heavy atom. The summed E-state index contributed by atoms with van der Waals surface area (Å²) in [6, 6.07) is 0. The highest BCUT2D eigenvalue weighted by atomic mass is 127. The number of unbranched alkanes of at least 4 members (excludes halogenated alkanes) is 1. The monoisotopic (exact) mass is 480 g/mol. The lowest BCUT2D eigenvalue weighted by Gasteiger charge is -2.35. The largest absolute Gasteiger partial charge is 0.379 e. The zero-order chi connectivity index (χ0) is 16.6. The number of guanidine groups is 1. The van der Waals surface area contributed by atoms with Crippen molar-refractivity contribution < 1.29 is 4.74 Å². The van der Waals surface area contributed by atoms with Crippen molar-refractivity contribution in [3.05, 3.63) is 11.6 Å². The van der Waals surface area contributed by atoms with Gasteiger partial charge >= 0.3 is 0 Å². The molecule has 0 bridgehead atoms. The Morgan fingerprint density at radius 3 is 2.60 bits per heavy atom. The molecule has 3 rings (SSSR count). The highest BCUT2D eigenvalue weighted by Crippen LogP contribution is 2.18. The topological polar surface area (TPSA) is 70.2 Å². The molecule has 0 atom stereocenters. The van der Waals surface area contributed by atoms with Crippen LogP contribution in [-0.4, -0.2) is 86.3 Å². The Bertz CT molecular complexity index is 501. The lowest BCUT2D eigenvalue weighted by atomic mass is 10.3. The Morgan fingerprint density at radius 1 is 1.16 bits per heavy atom. The first-order chi connectivity index (χ1) is 11.8. The SMILES string of the molecule is I.NC(=NCCCCN1CCOCC1)N1CCN(c2nccs2)CC1. The Labute approximate surface area is 171 Å². The second-order valence-corrected chi connectivity index (χ2v) is 7.06. The van der Waals surface area contributed by atoms with Crippen LogP contribution in [0, 0.1) is 0 Å². The smallest absolute Gasteiger partial charge is 0.191 e. The van der Waals surface area contributed by atoms with Crippen molar-refractivity contribution in [2.75, 3.05) is 70.5 Å². The number of nitrogens with two attached hydrogens (primary N) is 1. The van der Waals surface area contributed by atoms with Crippen molar-refractivity contribution in [1.29, 1.82) is 0 Å². The number of rotatable bonds is 6. The first-order valence-electron chi connectivity index (χ1n) is 8.82. The second-order valence-electron chi connectivity index (χ2n) is 6.19. The average Bonchev–Trinajstić information content (AvgIpc) is 3.17. The van der Waals surface area contributed by atoms with E-state index in [2.05, 4.69) is 24.7 Å². The number of morpholine rings is 1. The van der Waals surface area contributed by atoms with E-state index >= 15 is 0 Å². The maximum atomic E-state index is 6.16. The minimum atomic E-state index is 0. The van der Waals surface area contributed by atoms with Crippen LogP contribution in [0.5, 0.6) is 0 Å². The molecule has 2 fully saturated rings. The standard InChI is InChI=1S/C16H28N6OS.HI/c17-15(18-3-1-2-5-20-10-12-23-13-11-20)21-6-8-22(9-7-21)16-19-4-14-24-16;/h4,14H,1-3,5-13H2,(H2,17,18);1H.